The first-order valence-electron chi connectivity index (χ1n) is 5.03. The molecular weight excluding hydrogens is 224 g/mol. The summed E-state index contributed by atoms with van der Waals surface area (Å²) >= 11 is 5.71. The number of benzene rings is 1. The Morgan fingerprint density at radius 1 is 1.38 bits per heavy atom. The van der Waals surface area contributed by atoms with Gasteiger partial charge in [-0.3, -0.25) is 4.68 Å². The molecule has 2 aromatic rings. The largest absolute Gasteiger partial charge is 0.321 e. The number of aryl methyl sites for hydroxylation is 1. The number of hydrogen-bond acceptors (Lipinski definition) is 3. The first-order chi connectivity index (χ1) is 7.66. The van der Waals surface area contributed by atoms with E-state index in [4.69, 9.17) is 17.3 Å². The highest BCUT2D eigenvalue weighted by atomic mass is 35.5. The average molecular weight is 237 g/mol. The Labute approximate surface area is 99.1 Å². The molecule has 2 rings (SSSR count). The predicted molar refractivity (Wildman–Crippen MR) is 63.1 cm³/mol. The van der Waals surface area contributed by atoms with Crippen LogP contribution in [0.15, 0.2) is 30.3 Å². The van der Waals surface area contributed by atoms with E-state index in [2.05, 4.69) is 10.1 Å². The third-order valence-corrected chi connectivity index (χ3v) is 2.56. The standard InChI is InChI=1S/C11H13ClN4/c1-16-10(14-11(12)15-16)9(13)7-8-5-3-2-4-6-8/h2-6,9H,7,13H2,1H3/t9-/m0/s1. The van der Waals surface area contributed by atoms with Crippen LogP contribution in [0.25, 0.3) is 0 Å². The van der Waals surface area contributed by atoms with Gasteiger partial charge in [0.2, 0.25) is 5.28 Å². The van der Waals surface area contributed by atoms with Crippen molar-refractivity contribution in [2.24, 2.45) is 12.8 Å². The fourth-order valence-electron chi connectivity index (χ4n) is 1.65. The number of nitrogens with zero attached hydrogens (tertiary/aromatic N) is 3. The van der Waals surface area contributed by atoms with Crippen LogP contribution in [0.4, 0.5) is 0 Å². The van der Waals surface area contributed by atoms with Gasteiger partial charge in [-0.2, -0.15) is 0 Å². The van der Waals surface area contributed by atoms with Crippen molar-refractivity contribution in [1.82, 2.24) is 14.8 Å². The molecule has 0 saturated carbocycles. The van der Waals surface area contributed by atoms with Crippen LogP contribution >= 0.6 is 11.6 Å². The molecule has 2 N–H and O–H groups in total. The van der Waals surface area contributed by atoms with Crippen molar-refractivity contribution in [3.63, 3.8) is 0 Å². The van der Waals surface area contributed by atoms with E-state index >= 15 is 0 Å². The van der Waals surface area contributed by atoms with Crippen molar-refractivity contribution in [3.05, 3.63) is 47.0 Å². The van der Waals surface area contributed by atoms with E-state index in [0.29, 0.717) is 5.82 Å². The summed E-state index contributed by atoms with van der Waals surface area (Å²) < 4.78 is 1.62. The van der Waals surface area contributed by atoms with E-state index in [0.717, 1.165) is 6.42 Å². The molecule has 0 saturated heterocycles. The Morgan fingerprint density at radius 3 is 2.62 bits per heavy atom. The van der Waals surface area contributed by atoms with Gasteiger partial charge in [0.25, 0.3) is 0 Å². The minimum Gasteiger partial charge on any atom is -0.321 e. The van der Waals surface area contributed by atoms with Crippen LogP contribution in [0, 0.1) is 0 Å². The topological polar surface area (TPSA) is 56.7 Å². The molecule has 0 fully saturated rings. The predicted octanol–water partition coefficient (Wildman–Crippen LogP) is 1.71. The zero-order chi connectivity index (χ0) is 11.5. The van der Waals surface area contributed by atoms with Gasteiger partial charge < -0.3 is 5.73 Å². The third-order valence-electron chi connectivity index (χ3n) is 2.40. The van der Waals surface area contributed by atoms with Gasteiger partial charge in [0.15, 0.2) is 0 Å². The Morgan fingerprint density at radius 2 is 2.06 bits per heavy atom. The highest BCUT2D eigenvalue weighted by Gasteiger charge is 2.14. The molecule has 0 bridgehead atoms. The second kappa shape index (κ2) is 4.63. The molecule has 0 aliphatic rings. The van der Waals surface area contributed by atoms with E-state index in [1.165, 1.54) is 5.56 Å². The Kier molecular flexibility index (Phi) is 3.22. The van der Waals surface area contributed by atoms with Gasteiger partial charge in [0.1, 0.15) is 5.82 Å². The molecule has 84 valence electrons. The molecule has 16 heavy (non-hydrogen) atoms. The molecule has 0 radical (unpaired) electrons. The second-order valence-corrected chi connectivity index (χ2v) is 4.00. The van der Waals surface area contributed by atoms with Crippen LogP contribution in [-0.4, -0.2) is 14.8 Å². The van der Waals surface area contributed by atoms with Gasteiger partial charge in [-0.1, -0.05) is 30.3 Å². The van der Waals surface area contributed by atoms with Gasteiger partial charge in [0, 0.05) is 7.05 Å². The molecule has 1 heterocycles. The molecule has 1 aromatic carbocycles. The van der Waals surface area contributed by atoms with E-state index in [9.17, 15) is 0 Å². The average Bonchev–Trinajstić information content (AvgIpc) is 2.59. The maximum absolute atomic E-state index is 6.06. The van der Waals surface area contributed by atoms with Crippen molar-refractivity contribution < 1.29 is 0 Å². The van der Waals surface area contributed by atoms with Crippen LogP contribution < -0.4 is 5.73 Å². The Balaban J connectivity index is 2.14. The monoisotopic (exact) mass is 236 g/mol. The van der Waals surface area contributed by atoms with Gasteiger partial charge in [-0.15, -0.1) is 5.10 Å². The summed E-state index contributed by atoms with van der Waals surface area (Å²) in [7, 11) is 1.79. The van der Waals surface area contributed by atoms with Crippen molar-refractivity contribution in [2.45, 2.75) is 12.5 Å². The maximum atomic E-state index is 6.06. The molecule has 5 heteroatoms. The normalized spacial score (nSPS) is 12.7. The number of halogens is 1. The zero-order valence-electron chi connectivity index (χ0n) is 8.97. The fourth-order valence-corrected chi connectivity index (χ4v) is 1.85. The smallest absolute Gasteiger partial charge is 0.242 e. The first kappa shape index (κ1) is 11.1. The van der Waals surface area contributed by atoms with Gasteiger partial charge in [-0.25, -0.2) is 4.98 Å². The summed E-state index contributed by atoms with van der Waals surface area (Å²) in [5.74, 6) is 0.703. The lowest BCUT2D eigenvalue weighted by Crippen LogP contribution is -2.18. The Bertz CT molecular complexity index is 466. The van der Waals surface area contributed by atoms with Gasteiger partial charge >= 0.3 is 0 Å². The number of nitrogens with two attached hydrogens (primary N) is 1. The minimum absolute atomic E-state index is 0.188. The molecule has 0 spiro atoms. The summed E-state index contributed by atoms with van der Waals surface area (Å²) in [5.41, 5.74) is 7.23. The highest BCUT2D eigenvalue weighted by molar-refractivity contribution is 6.28. The molecule has 0 aliphatic heterocycles. The molecule has 0 amide bonds. The molecular formula is C11H13ClN4. The zero-order valence-corrected chi connectivity index (χ0v) is 9.72. The van der Waals surface area contributed by atoms with Gasteiger partial charge in [0.05, 0.1) is 6.04 Å². The lowest BCUT2D eigenvalue weighted by molar-refractivity contribution is 0.601. The minimum atomic E-state index is -0.188. The van der Waals surface area contributed by atoms with Crippen molar-refractivity contribution in [1.29, 1.82) is 0 Å². The molecule has 4 nitrogen and oxygen atoms in total. The maximum Gasteiger partial charge on any atom is 0.242 e. The van der Waals surface area contributed by atoms with E-state index in [1.54, 1.807) is 11.7 Å². The van der Waals surface area contributed by atoms with E-state index in [-0.39, 0.29) is 11.3 Å². The molecule has 1 atom stereocenters. The van der Waals surface area contributed by atoms with Crippen LogP contribution in [0.2, 0.25) is 5.28 Å². The molecule has 0 aliphatic carbocycles. The summed E-state index contributed by atoms with van der Waals surface area (Å²) in [6.07, 6.45) is 0.726. The number of aromatic nitrogens is 3. The van der Waals surface area contributed by atoms with E-state index in [1.807, 2.05) is 30.3 Å². The summed E-state index contributed by atoms with van der Waals surface area (Å²) in [6.45, 7) is 0. The second-order valence-electron chi connectivity index (χ2n) is 3.66. The van der Waals surface area contributed by atoms with Crippen molar-refractivity contribution in [3.8, 4) is 0 Å². The van der Waals surface area contributed by atoms with Crippen LogP contribution in [0.1, 0.15) is 17.4 Å². The fraction of sp³-hybridized carbons (Fsp3) is 0.273. The molecule has 0 unspecified atom stereocenters. The van der Waals surface area contributed by atoms with E-state index < -0.39 is 0 Å². The summed E-state index contributed by atoms with van der Waals surface area (Å²) in [5, 5.41) is 4.20. The van der Waals surface area contributed by atoms with Gasteiger partial charge in [-0.05, 0) is 23.6 Å². The van der Waals surface area contributed by atoms with Crippen molar-refractivity contribution in [2.75, 3.05) is 0 Å². The third kappa shape index (κ3) is 2.40. The quantitative estimate of drug-likeness (QED) is 0.883. The SMILES string of the molecule is Cn1nc(Cl)nc1[C@@H](N)Cc1ccccc1. The lowest BCUT2D eigenvalue weighted by atomic mass is 10.1. The number of rotatable bonds is 3. The number of hydrogen-bond donors (Lipinski definition) is 1. The summed E-state index contributed by atoms with van der Waals surface area (Å²) in [4.78, 5) is 4.10. The van der Waals surface area contributed by atoms with Crippen LogP contribution in [0.3, 0.4) is 0 Å². The first-order valence-corrected chi connectivity index (χ1v) is 5.40. The highest BCUT2D eigenvalue weighted by Crippen LogP contribution is 2.15. The van der Waals surface area contributed by atoms with Crippen LogP contribution in [-0.2, 0) is 13.5 Å². The Hall–Kier alpha value is -1.39. The molecule has 1 aromatic heterocycles. The summed E-state index contributed by atoms with van der Waals surface area (Å²) in [6, 6.07) is 9.86. The van der Waals surface area contributed by atoms with Crippen LogP contribution in [0.5, 0.6) is 0 Å². The van der Waals surface area contributed by atoms with Crippen molar-refractivity contribution >= 4 is 11.6 Å². The lowest BCUT2D eigenvalue weighted by Gasteiger charge is -2.10.